The minimum Gasteiger partial charge on any atom is -0.390 e. The molecule has 1 N–H and O–H groups in total. The predicted molar refractivity (Wildman–Crippen MR) is 75.0 cm³/mol. The second-order valence-electron chi connectivity index (χ2n) is 7.27. The Morgan fingerprint density at radius 1 is 1.06 bits per heavy atom. The van der Waals surface area contributed by atoms with Gasteiger partial charge in [0.2, 0.25) is 0 Å². The van der Waals surface area contributed by atoms with E-state index in [-0.39, 0.29) is 0 Å². The second kappa shape index (κ2) is 6.22. The number of aliphatic hydroxyl groups is 1. The summed E-state index contributed by atoms with van der Waals surface area (Å²) in [5.74, 6) is 2.53. The summed E-state index contributed by atoms with van der Waals surface area (Å²) in [7, 11) is 0. The fourth-order valence-electron chi connectivity index (χ4n) is 3.75. The van der Waals surface area contributed by atoms with E-state index in [1.165, 1.54) is 25.7 Å². The van der Waals surface area contributed by atoms with E-state index in [2.05, 4.69) is 34.6 Å². The van der Waals surface area contributed by atoms with Gasteiger partial charge >= 0.3 is 0 Å². The average molecular weight is 240 g/mol. The van der Waals surface area contributed by atoms with Crippen molar-refractivity contribution in [1.82, 2.24) is 0 Å². The van der Waals surface area contributed by atoms with E-state index >= 15 is 0 Å². The van der Waals surface area contributed by atoms with Gasteiger partial charge in [0.25, 0.3) is 0 Å². The van der Waals surface area contributed by atoms with E-state index < -0.39 is 5.60 Å². The first-order chi connectivity index (χ1) is 7.83. The molecule has 0 radical (unpaired) electrons. The summed E-state index contributed by atoms with van der Waals surface area (Å²) in [6.45, 7) is 11.3. The number of hydrogen-bond acceptors (Lipinski definition) is 1. The van der Waals surface area contributed by atoms with Gasteiger partial charge in [-0.15, -0.1) is 0 Å². The Labute approximate surface area is 108 Å². The van der Waals surface area contributed by atoms with E-state index in [4.69, 9.17) is 0 Å². The molecule has 1 aliphatic rings. The summed E-state index contributed by atoms with van der Waals surface area (Å²) >= 11 is 0. The topological polar surface area (TPSA) is 20.2 Å². The lowest BCUT2D eigenvalue weighted by Gasteiger charge is -2.42. The van der Waals surface area contributed by atoms with Crippen molar-refractivity contribution in [2.24, 2.45) is 23.7 Å². The van der Waals surface area contributed by atoms with Crippen LogP contribution in [-0.4, -0.2) is 10.7 Å². The molecule has 1 heteroatoms. The maximum Gasteiger partial charge on any atom is 0.0680 e. The van der Waals surface area contributed by atoms with Gasteiger partial charge in [-0.25, -0.2) is 0 Å². The lowest BCUT2D eigenvalue weighted by molar-refractivity contribution is -0.0698. The third-order valence-corrected chi connectivity index (χ3v) is 4.22. The highest BCUT2D eigenvalue weighted by molar-refractivity contribution is 4.90. The number of hydrogen-bond donors (Lipinski definition) is 1. The molecule has 2 unspecified atom stereocenters. The maximum atomic E-state index is 11.1. The van der Waals surface area contributed by atoms with Gasteiger partial charge in [0.1, 0.15) is 0 Å². The summed E-state index contributed by atoms with van der Waals surface area (Å²) in [6.07, 6.45) is 7.08. The molecular formula is C16H32O. The van der Waals surface area contributed by atoms with Crippen molar-refractivity contribution in [3.8, 4) is 0 Å². The summed E-state index contributed by atoms with van der Waals surface area (Å²) in [5.41, 5.74) is -0.406. The van der Waals surface area contributed by atoms with Crippen LogP contribution < -0.4 is 0 Å². The zero-order chi connectivity index (χ0) is 13.1. The largest absolute Gasteiger partial charge is 0.390 e. The predicted octanol–water partition coefficient (Wildman–Crippen LogP) is 4.64. The fraction of sp³-hybridized carbons (Fsp3) is 1.00. The molecule has 1 saturated carbocycles. The summed E-state index contributed by atoms with van der Waals surface area (Å²) < 4.78 is 0. The lowest BCUT2D eigenvalue weighted by atomic mass is 9.68. The van der Waals surface area contributed by atoms with Crippen molar-refractivity contribution >= 4 is 0 Å². The molecule has 0 heterocycles. The van der Waals surface area contributed by atoms with Crippen LogP contribution in [0.3, 0.4) is 0 Å². The monoisotopic (exact) mass is 240 g/mol. The van der Waals surface area contributed by atoms with Crippen LogP contribution in [0.25, 0.3) is 0 Å². The molecule has 1 nitrogen and oxygen atoms in total. The molecule has 0 bridgehead atoms. The first-order valence-electron chi connectivity index (χ1n) is 7.56. The van der Waals surface area contributed by atoms with Crippen LogP contribution in [0.1, 0.15) is 73.1 Å². The Bertz CT molecular complexity index is 210. The van der Waals surface area contributed by atoms with Crippen molar-refractivity contribution in [1.29, 1.82) is 0 Å². The van der Waals surface area contributed by atoms with Gasteiger partial charge in [-0.1, -0.05) is 47.5 Å². The molecule has 1 fully saturated rings. The first kappa shape index (κ1) is 15.0. The molecule has 0 aromatic heterocycles. The van der Waals surface area contributed by atoms with Crippen molar-refractivity contribution in [2.75, 3.05) is 0 Å². The highest BCUT2D eigenvalue weighted by Gasteiger charge is 2.39. The third kappa shape index (κ3) is 4.62. The van der Waals surface area contributed by atoms with Crippen LogP contribution >= 0.6 is 0 Å². The van der Waals surface area contributed by atoms with Gasteiger partial charge in [0.05, 0.1) is 5.60 Å². The Kier molecular flexibility index (Phi) is 5.50. The quantitative estimate of drug-likeness (QED) is 0.742. The van der Waals surface area contributed by atoms with Crippen molar-refractivity contribution in [2.45, 2.75) is 78.7 Å². The van der Waals surface area contributed by atoms with E-state index in [0.29, 0.717) is 17.8 Å². The standard InChI is InChI=1S/C16H32O/c1-12(2)10-16(17,11-13(3)4)15-8-6-7-14(5)9-15/h12-15,17H,6-11H2,1-5H3. The molecule has 0 spiro atoms. The molecule has 1 aliphatic carbocycles. The van der Waals surface area contributed by atoms with E-state index in [9.17, 15) is 5.11 Å². The number of rotatable bonds is 5. The summed E-state index contributed by atoms with van der Waals surface area (Å²) in [5, 5.41) is 11.1. The smallest absolute Gasteiger partial charge is 0.0680 e. The Morgan fingerprint density at radius 3 is 2.00 bits per heavy atom. The van der Waals surface area contributed by atoms with Crippen molar-refractivity contribution in [3.05, 3.63) is 0 Å². The minimum absolute atomic E-state index is 0.406. The van der Waals surface area contributed by atoms with Crippen LogP contribution in [-0.2, 0) is 0 Å². The van der Waals surface area contributed by atoms with Crippen LogP contribution in [0.15, 0.2) is 0 Å². The van der Waals surface area contributed by atoms with E-state index in [1.807, 2.05) is 0 Å². The second-order valence-corrected chi connectivity index (χ2v) is 7.27. The lowest BCUT2D eigenvalue weighted by Crippen LogP contribution is -2.42. The average Bonchev–Trinajstić information content (AvgIpc) is 2.14. The normalized spacial score (nSPS) is 26.8. The summed E-state index contributed by atoms with van der Waals surface area (Å²) in [6, 6.07) is 0. The molecule has 2 atom stereocenters. The van der Waals surface area contributed by atoms with E-state index in [1.54, 1.807) is 0 Å². The molecule has 0 aliphatic heterocycles. The zero-order valence-electron chi connectivity index (χ0n) is 12.5. The molecule has 1 rings (SSSR count). The summed E-state index contributed by atoms with van der Waals surface area (Å²) in [4.78, 5) is 0. The van der Waals surface area contributed by atoms with Gasteiger partial charge in [-0.2, -0.15) is 0 Å². The van der Waals surface area contributed by atoms with Crippen LogP contribution in [0.5, 0.6) is 0 Å². The van der Waals surface area contributed by atoms with Crippen molar-refractivity contribution in [3.63, 3.8) is 0 Å². The zero-order valence-corrected chi connectivity index (χ0v) is 12.5. The van der Waals surface area contributed by atoms with Gasteiger partial charge in [0, 0.05) is 0 Å². The Hall–Kier alpha value is -0.0400. The molecule has 0 amide bonds. The highest BCUT2D eigenvalue weighted by Crippen LogP contribution is 2.41. The highest BCUT2D eigenvalue weighted by atomic mass is 16.3. The van der Waals surface area contributed by atoms with Crippen molar-refractivity contribution < 1.29 is 5.11 Å². The molecule has 0 saturated heterocycles. The molecule has 17 heavy (non-hydrogen) atoms. The van der Waals surface area contributed by atoms with Crippen LogP contribution in [0, 0.1) is 23.7 Å². The van der Waals surface area contributed by atoms with E-state index in [0.717, 1.165) is 18.8 Å². The van der Waals surface area contributed by atoms with Gasteiger partial charge < -0.3 is 5.11 Å². The molecule has 0 aromatic rings. The van der Waals surface area contributed by atoms with Gasteiger partial charge in [-0.3, -0.25) is 0 Å². The third-order valence-electron chi connectivity index (χ3n) is 4.22. The molecule has 0 aromatic carbocycles. The van der Waals surface area contributed by atoms with Gasteiger partial charge in [0.15, 0.2) is 0 Å². The van der Waals surface area contributed by atoms with Crippen LogP contribution in [0.4, 0.5) is 0 Å². The molecular weight excluding hydrogens is 208 g/mol. The Balaban J connectivity index is 2.73. The minimum atomic E-state index is -0.406. The van der Waals surface area contributed by atoms with Gasteiger partial charge in [-0.05, 0) is 49.4 Å². The fourth-order valence-corrected chi connectivity index (χ4v) is 3.75. The van der Waals surface area contributed by atoms with Crippen LogP contribution in [0.2, 0.25) is 0 Å². The maximum absolute atomic E-state index is 11.1. The first-order valence-corrected chi connectivity index (χ1v) is 7.56. The Morgan fingerprint density at radius 2 is 1.59 bits per heavy atom. The molecule has 102 valence electrons. The SMILES string of the molecule is CC(C)CC(O)(CC(C)C)C1CCCC(C)C1.